The minimum absolute atomic E-state index is 0.107. The van der Waals surface area contributed by atoms with Gasteiger partial charge in [-0.2, -0.15) is 12.7 Å². The van der Waals surface area contributed by atoms with Crippen LogP contribution in [0.3, 0.4) is 0 Å². The Kier molecular flexibility index (Phi) is 2.83. The number of nitrogens with one attached hydrogen (secondary N) is 1. The lowest BCUT2D eigenvalue weighted by atomic mass is 10.4. The summed E-state index contributed by atoms with van der Waals surface area (Å²) in [5, 5.41) is 9.88. The number of aromatic nitrogens is 3. The van der Waals surface area contributed by atoms with Crippen LogP contribution in [0.15, 0.2) is 0 Å². The van der Waals surface area contributed by atoms with Crippen LogP contribution in [-0.4, -0.2) is 47.0 Å². The first kappa shape index (κ1) is 11.9. The maximum Gasteiger partial charge on any atom is 0.374 e. The van der Waals surface area contributed by atoms with Crippen molar-refractivity contribution >= 4 is 16.3 Å². The van der Waals surface area contributed by atoms with Crippen LogP contribution < -0.4 is 5.32 Å². The van der Waals surface area contributed by atoms with Crippen LogP contribution in [0.5, 0.6) is 0 Å². The maximum atomic E-state index is 12.6. The average molecular weight is 263 g/mol. The molecule has 94 valence electrons. The quantitative estimate of drug-likeness (QED) is 0.681. The van der Waals surface area contributed by atoms with Gasteiger partial charge >= 0.3 is 10.4 Å². The first-order valence-electron chi connectivity index (χ1n) is 4.76. The number of nitrogens with zero attached hydrogens (tertiary/aromatic N) is 4. The highest BCUT2D eigenvalue weighted by molar-refractivity contribution is 7.83. The van der Waals surface area contributed by atoms with Crippen LogP contribution >= 0.6 is 0 Å². The Labute approximate surface area is 96.8 Å². The molecule has 8 nitrogen and oxygen atoms in total. The molecule has 2 rings (SSSR count). The molecule has 0 saturated carbocycles. The van der Waals surface area contributed by atoms with Gasteiger partial charge in [0.1, 0.15) is 5.82 Å². The number of carbonyl (C=O) groups is 1. The summed E-state index contributed by atoms with van der Waals surface area (Å²) in [5.41, 5.74) is 0. The summed E-state index contributed by atoms with van der Waals surface area (Å²) in [6, 6.07) is 0. The van der Waals surface area contributed by atoms with Gasteiger partial charge in [0.15, 0.2) is 0 Å². The molecule has 0 atom stereocenters. The molecular weight excluding hydrogens is 253 g/mol. The van der Waals surface area contributed by atoms with Gasteiger partial charge in [-0.1, -0.05) is 3.89 Å². The van der Waals surface area contributed by atoms with Crippen LogP contribution in [0.1, 0.15) is 16.4 Å². The summed E-state index contributed by atoms with van der Waals surface area (Å²) in [5.74, 6) is -0.0322. The van der Waals surface area contributed by atoms with E-state index in [0.29, 0.717) is 17.4 Å². The molecule has 0 saturated heterocycles. The highest BCUT2D eigenvalue weighted by Crippen LogP contribution is 2.10. The summed E-state index contributed by atoms with van der Waals surface area (Å²) in [7, 11) is -3.68. The smallest absolute Gasteiger partial charge is 0.348 e. The van der Waals surface area contributed by atoms with Crippen LogP contribution in [0.25, 0.3) is 0 Å². The number of hydrogen-bond donors (Lipinski definition) is 1. The molecule has 0 unspecified atom stereocenters. The van der Waals surface area contributed by atoms with Gasteiger partial charge < -0.3 is 9.88 Å². The first-order valence-corrected chi connectivity index (χ1v) is 6.10. The van der Waals surface area contributed by atoms with E-state index in [9.17, 15) is 17.1 Å². The molecule has 17 heavy (non-hydrogen) atoms. The highest BCUT2D eigenvalue weighted by atomic mass is 32.3. The van der Waals surface area contributed by atoms with E-state index in [1.165, 1.54) is 4.57 Å². The van der Waals surface area contributed by atoms with Gasteiger partial charge in [0.2, 0.25) is 5.82 Å². The highest BCUT2D eigenvalue weighted by Gasteiger charge is 2.25. The second-order valence-corrected chi connectivity index (χ2v) is 4.99. The Morgan fingerprint density at radius 3 is 2.88 bits per heavy atom. The second-order valence-electron chi connectivity index (χ2n) is 3.55. The van der Waals surface area contributed by atoms with Crippen molar-refractivity contribution < 1.29 is 17.1 Å². The molecule has 1 amide bonds. The molecule has 0 aromatic carbocycles. The fourth-order valence-electron chi connectivity index (χ4n) is 1.49. The lowest BCUT2D eigenvalue weighted by Gasteiger charge is -2.17. The molecule has 10 heteroatoms. The minimum atomic E-state index is -4.77. The Bertz CT molecular complexity index is 554. The van der Waals surface area contributed by atoms with E-state index < -0.39 is 10.4 Å². The van der Waals surface area contributed by atoms with Crippen molar-refractivity contribution in [3.63, 3.8) is 0 Å². The van der Waals surface area contributed by atoms with Gasteiger partial charge in [-0.15, -0.1) is 10.2 Å². The third kappa shape index (κ3) is 2.26. The normalized spacial score (nSPS) is 15.8. The monoisotopic (exact) mass is 263 g/mol. The summed E-state index contributed by atoms with van der Waals surface area (Å²) < 4.78 is 35.8. The molecule has 2 heterocycles. The third-order valence-electron chi connectivity index (χ3n) is 2.39. The molecule has 1 aliphatic rings. The van der Waals surface area contributed by atoms with Crippen LogP contribution in [0.4, 0.5) is 3.89 Å². The largest absolute Gasteiger partial charge is 0.374 e. The van der Waals surface area contributed by atoms with E-state index in [1.54, 1.807) is 0 Å². The van der Waals surface area contributed by atoms with Crippen LogP contribution in [0.2, 0.25) is 0 Å². The van der Waals surface area contributed by atoms with Gasteiger partial charge in [0.25, 0.3) is 5.91 Å². The van der Waals surface area contributed by atoms with Crippen molar-refractivity contribution in [1.29, 1.82) is 0 Å². The standard InChI is InChI=1S/C7H10FN5O3S/c1-12(17(8,15)16)4-5-10-11-6-7(14)9-2-3-13(5)6/h2-4H2,1H3,(H,9,14). The molecule has 0 spiro atoms. The van der Waals surface area contributed by atoms with E-state index in [-0.39, 0.29) is 24.1 Å². The second kappa shape index (κ2) is 4.04. The Balaban J connectivity index is 2.27. The zero-order chi connectivity index (χ0) is 12.6. The van der Waals surface area contributed by atoms with E-state index in [4.69, 9.17) is 0 Å². The number of amides is 1. The molecule has 0 aliphatic carbocycles. The van der Waals surface area contributed by atoms with Crippen molar-refractivity contribution in [2.45, 2.75) is 13.1 Å². The topological polar surface area (TPSA) is 97.2 Å². The number of fused-ring (bicyclic) bond motifs is 1. The summed E-state index contributed by atoms with van der Waals surface area (Å²) in [4.78, 5) is 11.3. The van der Waals surface area contributed by atoms with Gasteiger partial charge in [0.05, 0.1) is 6.54 Å². The first-order chi connectivity index (χ1) is 7.89. The predicted octanol–water partition coefficient (Wildman–Crippen LogP) is -1.33. The van der Waals surface area contributed by atoms with Crippen molar-refractivity contribution in [3.05, 3.63) is 11.6 Å². The number of halogens is 1. The fraction of sp³-hybridized carbons (Fsp3) is 0.571. The minimum Gasteiger partial charge on any atom is -0.348 e. The Morgan fingerprint density at radius 2 is 2.24 bits per heavy atom. The summed E-state index contributed by atoms with van der Waals surface area (Å²) in [6.07, 6.45) is 0. The predicted molar refractivity (Wildman–Crippen MR) is 53.9 cm³/mol. The molecular formula is C7H10FN5O3S. The van der Waals surface area contributed by atoms with Gasteiger partial charge in [-0.05, 0) is 0 Å². The average Bonchev–Trinajstić information content (AvgIpc) is 2.62. The molecule has 0 bridgehead atoms. The van der Waals surface area contributed by atoms with Gasteiger partial charge in [0, 0.05) is 20.1 Å². The molecule has 1 N–H and O–H groups in total. The van der Waals surface area contributed by atoms with Crippen molar-refractivity contribution in [1.82, 2.24) is 24.4 Å². The lowest BCUT2D eigenvalue weighted by Crippen LogP contribution is -2.36. The fourth-order valence-corrected chi connectivity index (χ4v) is 1.76. The Hall–Kier alpha value is -1.55. The maximum absolute atomic E-state index is 12.6. The third-order valence-corrected chi connectivity index (χ3v) is 3.26. The van der Waals surface area contributed by atoms with E-state index in [2.05, 4.69) is 15.5 Å². The van der Waals surface area contributed by atoms with E-state index in [0.717, 1.165) is 7.05 Å². The molecule has 1 aliphatic heterocycles. The van der Waals surface area contributed by atoms with Gasteiger partial charge in [-0.25, -0.2) is 0 Å². The number of carbonyl (C=O) groups excluding carboxylic acids is 1. The van der Waals surface area contributed by atoms with Crippen molar-refractivity contribution in [2.75, 3.05) is 13.6 Å². The SMILES string of the molecule is CN(Cc1nnc2n1CCNC2=O)S(=O)(=O)F. The van der Waals surface area contributed by atoms with Crippen molar-refractivity contribution in [3.8, 4) is 0 Å². The molecule has 1 aromatic heterocycles. The van der Waals surface area contributed by atoms with E-state index in [1.807, 2.05) is 0 Å². The van der Waals surface area contributed by atoms with Crippen LogP contribution in [-0.2, 0) is 23.5 Å². The summed E-state index contributed by atoms with van der Waals surface area (Å²) >= 11 is 0. The lowest BCUT2D eigenvalue weighted by molar-refractivity contribution is 0.0920. The number of rotatable bonds is 3. The molecule has 0 radical (unpaired) electrons. The molecule has 0 fully saturated rings. The van der Waals surface area contributed by atoms with Crippen LogP contribution in [0, 0.1) is 0 Å². The Morgan fingerprint density at radius 1 is 1.53 bits per heavy atom. The summed E-state index contributed by atoms with van der Waals surface area (Å²) in [6.45, 7) is 0.575. The number of hydrogen-bond acceptors (Lipinski definition) is 5. The van der Waals surface area contributed by atoms with E-state index >= 15 is 0 Å². The van der Waals surface area contributed by atoms with Gasteiger partial charge in [-0.3, -0.25) is 4.79 Å². The molecule has 1 aromatic rings. The van der Waals surface area contributed by atoms with Crippen molar-refractivity contribution in [2.24, 2.45) is 0 Å². The zero-order valence-electron chi connectivity index (χ0n) is 8.92. The zero-order valence-corrected chi connectivity index (χ0v) is 9.74.